The third-order valence-electron chi connectivity index (χ3n) is 6.79. The molecule has 1 saturated heterocycles. The van der Waals surface area contributed by atoms with Crippen LogP contribution >= 0.6 is 24.0 Å². The summed E-state index contributed by atoms with van der Waals surface area (Å²) in [5, 5.41) is 7.25. The van der Waals surface area contributed by atoms with Crippen molar-refractivity contribution < 1.29 is 14.2 Å². The highest BCUT2D eigenvalue weighted by molar-refractivity contribution is 14.0. The Morgan fingerprint density at radius 1 is 1.12 bits per heavy atom. The van der Waals surface area contributed by atoms with Crippen LogP contribution in [-0.2, 0) is 11.3 Å². The Morgan fingerprint density at radius 2 is 1.81 bits per heavy atom. The minimum Gasteiger partial charge on any atom is -0.497 e. The van der Waals surface area contributed by atoms with E-state index in [1.54, 1.807) is 21.3 Å². The molecule has 2 N–H and O–H groups in total. The molecule has 1 aromatic rings. The average Bonchev–Trinajstić information content (AvgIpc) is 3.44. The summed E-state index contributed by atoms with van der Waals surface area (Å²) in [5.41, 5.74) is 1.56. The van der Waals surface area contributed by atoms with Gasteiger partial charge in [0.25, 0.3) is 0 Å². The minimum atomic E-state index is 0. The van der Waals surface area contributed by atoms with Gasteiger partial charge in [0.15, 0.2) is 5.96 Å². The molecule has 32 heavy (non-hydrogen) atoms. The highest BCUT2D eigenvalue weighted by Crippen LogP contribution is 2.40. The standard InChI is InChI=1S/C24H40N4O3.HI/c1-25-23(26-18-24(10-12-29-2)8-5-6-9-24)27-20-7-11-28(17-20)16-19-13-21(30-3)15-22(14-19)31-4;/h13-15,20H,5-12,16-18H2,1-4H3,(H2,25,26,27);1H. The maximum Gasteiger partial charge on any atom is 0.191 e. The number of ether oxygens (including phenoxy) is 3. The van der Waals surface area contributed by atoms with Crippen molar-refractivity contribution in [1.29, 1.82) is 0 Å². The van der Waals surface area contributed by atoms with Crippen LogP contribution in [0.3, 0.4) is 0 Å². The second-order valence-corrected chi connectivity index (χ2v) is 8.96. The third kappa shape index (κ3) is 7.66. The van der Waals surface area contributed by atoms with Crippen LogP contribution in [0.5, 0.6) is 11.5 Å². The Hall–Kier alpha value is -1.26. The average molecular weight is 561 g/mol. The van der Waals surface area contributed by atoms with Gasteiger partial charge >= 0.3 is 0 Å². The van der Waals surface area contributed by atoms with Crippen molar-refractivity contribution >= 4 is 29.9 Å². The molecule has 7 nitrogen and oxygen atoms in total. The summed E-state index contributed by atoms with van der Waals surface area (Å²) in [5.74, 6) is 2.59. The smallest absolute Gasteiger partial charge is 0.191 e. The van der Waals surface area contributed by atoms with E-state index in [0.717, 1.165) is 63.1 Å². The highest BCUT2D eigenvalue weighted by Gasteiger charge is 2.33. The Labute approximate surface area is 210 Å². The van der Waals surface area contributed by atoms with Crippen molar-refractivity contribution in [2.45, 2.75) is 51.1 Å². The van der Waals surface area contributed by atoms with E-state index in [0.29, 0.717) is 11.5 Å². The maximum atomic E-state index is 5.41. The molecule has 0 radical (unpaired) electrons. The number of rotatable bonds is 10. The molecule has 0 amide bonds. The number of hydrogen-bond donors (Lipinski definition) is 2. The number of nitrogens with one attached hydrogen (secondary N) is 2. The molecule has 182 valence electrons. The van der Waals surface area contributed by atoms with Gasteiger partial charge in [-0.1, -0.05) is 12.8 Å². The fourth-order valence-corrected chi connectivity index (χ4v) is 4.93. The maximum absolute atomic E-state index is 5.41. The molecule has 3 rings (SSSR count). The minimum absolute atomic E-state index is 0. The monoisotopic (exact) mass is 560 g/mol. The number of guanidine groups is 1. The van der Waals surface area contributed by atoms with Crippen LogP contribution in [0.4, 0.5) is 0 Å². The molecule has 0 spiro atoms. The van der Waals surface area contributed by atoms with Gasteiger partial charge in [0.05, 0.1) is 14.2 Å². The number of methoxy groups -OCH3 is 3. The lowest BCUT2D eigenvalue weighted by Gasteiger charge is -2.30. The van der Waals surface area contributed by atoms with E-state index in [1.807, 2.05) is 13.1 Å². The number of likely N-dealkylation sites (tertiary alicyclic amines) is 1. The van der Waals surface area contributed by atoms with E-state index in [1.165, 1.54) is 31.2 Å². The van der Waals surface area contributed by atoms with Gasteiger partial charge in [0.2, 0.25) is 0 Å². The second kappa shape index (κ2) is 13.4. The summed E-state index contributed by atoms with van der Waals surface area (Å²) < 4.78 is 16.2. The number of aliphatic imine (C=N–C) groups is 1. The largest absolute Gasteiger partial charge is 0.497 e. The lowest BCUT2D eigenvalue weighted by Crippen LogP contribution is -2.47. The lowest BCUT2D eigenvalue weighted by atomic mass is 9.83. The van der Waals surface area contributed by atoms with Gasteiger partial charge in [0, 0.05) is 59.1 Å². The van der Waals surface area contributed by atoms with Crippen LogP contribution < -0.4 is 20.1 Å². The molecular weight excluding hydrogens is 519 g/mol. The molecular formula is C24H41IN4O3. The zero-order valence-electron chi connectivity index (χ0n) is 20.1. The van der Waals surface area contributed by atoms with Crippen molar-refractivity contribution in [2.24, 2.45) is 10.4 Å². The number of halogens is 1. The molecule has 1 aromatic carbocycles. The zero-order chi connectivity index (χ0) is 22.1. The third-order valence-corrected chi connectivity index (χ3v) is 6.79. The van der Waals surface area contributed by atoms with E-state index in [4.69, 9.17) is 14.2 Å². The van der Waals surface area contributed by atoms with Crippen molar-refractivity contribution in [3.05, 3.63) is 23.8 Å². The van der Waals surface area contributed by atoms with Gasteiger partial charge in [-0.3, -0.25) is 9.89 Å². The van der Waals surface area contributed by atoms with Crippen molar-refractivity contribution in [1.82, 2.24) is 15.5 Å². The summed E-state index contributed by atoms with van der Waals surface area (Å²) >= 11 is 0. The van der Waals surface area contributed by atoms with Crippen molar-refractivity contribution in [3.63, 3.8) is 0 Å². The molecule has 0 bridgehead atoms. The number of nitrogens with zero attached hydrogens (tertiary/aromatic N) is 2. The van der Waals surface area contributed by atoms with Gasteiger partial charge in [0.1, 0.15) is 11.5 Å². The Morgan fingerprint density at radius 3 is 2.41 bits per heavy atom. The van der Waals surface area contributed by atoms with E-state index in [9.17, 15) is 0 Å². The summed E-state index contributed by atoms with van der Waals surface area (Å²) in [6.07, 6.45) is 7.43. The summed E-state index contributed by atoms with van der Waals surface area (Å²) in [6, 6.07) is 6.49. The normalized spacial score (nSPS) is 20.6. The van der Waals surface area contributed by atoms with E-state index < -0.39 is 0 Å². The SMILES string of the molecule is CN=C(NCC1(CCOC)CCCC1)NC1CCN(Cc2cc(OC)cc(OC)c2)C1.I. The molecule has 1 heterocycles. The summed E-state index contributed by atoms with van der Waals surface area (Å²) in [6.45, 7) is 4.75. The first kappa shape index (κ1) is 27.0. The molecule has 2 aliphatic rings. The first-order valence-electron chi connectivity index (χ1n) is 11.5. The number of benzene rings is 1. The van der Waals surface area contributed by atoms with Crippen molar-refractivity contribution in [3.8, 4) is 11.5 Å². The predicted molar refractivity (Wildman–Crippen MR) is 141 cm³/mol. The van der Waals surface area contributed by atoms with Gasteiger partial charge in [-0.25, -0.2) is 0 Å². The van der Waals surface area contributed by atoms with Gasteiger partial charge < -0.3 is 24.8 Å². The molecule has 8 heteroatoms. The zero-order valence-corrected chi connectivity index (χ0v) is 22.4. The quantitative estimate of drug-likeness (QED) is 0.259. The van der Waals surface area contributed by atoms with Crippen LogP contribution in [0.25, 0.3) is 0 Å². The molecule has 1 saturated carbocycles. The predicted octanol–water partition coefficient (Wildman–Crippen LogP) is 3.66. The second-order valence-electron chi connectivity index (χ2n) is 8.96. The van der Waals surface area contributed by atoms with E-state index in [-0.39, 0.29) is 24.0 Å². The molecule has 1 unspecified atom stereocenters. The fourth-order valence-electron chi connectivity index (χ4n) is 4.93. The van der Waals surface area contributed by atoms with Crippen LogP contribution in [0.1, 0.15) is 44.1 Å². The first-order valence-corrected chi connectivity index (χ1v) is 11.5. The van der Waals surface area contributed by atoms with Gasteiger partial charge in [-0.05, 0) is 48.8 Å². The van der Waals surface area contributed by atoms with Gasteiger partial charge in [-0.15, -0.1) is 24.0 Å². The van der Waals surface area contributed by atoms with Crippen LogP contribution in [0, 0.1) is 5.41 Å². The van der Waals surface area contributed by atoms with Crippen LogP contribution in [-0.4, -0.2) is 71.5 Å². The Kier molecular flexibility index (Phi) is 11.3. The summed E-state index contributed by atoms with van der Waals surface area (Å²) in [4.78, 5) is 6.96. The van der Waals surface area contributed by atoms with E-state index in [2.05, 4.69) is 32.7 Å². The number of hydrogen-bond acceptors (Lipinski definition) is 5. The molecule has 1 aliphatic heterocycles. The van der Waals surface area contributed by atoms with Crippen molar-refractivity contribution in [2.75, 3.05) is 54.6 Å². The van der Waals surface area contributed by atoms with E-state index >= 15 is 0 Å². The highest BCUT2D eigenvalue weighted by atomic mass is 127. The molecule has 2 fully saturated rings. The lowest BCUT2D eigenvalue weighted by molar-refractivity contribution is 0.138. The van der Waals surface area contributed by atoms with Crippen LogP contribution in [0.2, 0.25) is 0 Å². The first-order chi connectivity index (χ1) is 15.1. The summed E-state index contributed by atoms with van der Waals surface area (Å²) in [7, 11) is 7.04. The topological polar surface area (TPSA) is 67.4 Å². The van der Waals surface area contributed by atoms with Gasteiger partial charge in [-0.2, -0.15) is 0 Å². The molecule has 1 atom stereocenters. The Balaban J connectivity index is 0.00000363. The molecule has 1 aliphatic carbocycles. The molecule has 0 aromatic heterocycles. The van der Waals surface area contributed by atoms with Crippen LogP contribution in [0.15, 0.2) is 23.2 Å². The Bertz CT molecular complexity index is 703. The fraction of sp³-hybridized carbons (Fsp3) is 0.708.